The Morgan fingerprint density at radius 2 is 1.67 bits per heavy atom. The molecule has 0 radical (unpaired) electrons. The smallest absolute Gasteiger partial charge is 0.143 e. The first-order chi connectivity index (χ1) is 6.82. The fourth-order valence-electron chi connectivity index (χ4n) is 2.25. The second-order valence-corrected chi connectivity index (χ2v) is 5.97. The van der Waals surface area contributed by atoms with Crippen LogP contribution in [0.4, 0.5) is 0 Å². The van der Waals surface area contributed by atoms with Gasteiger partial charge in [0.1, 0.15) is 11.6 Å². The standard InChI is InChI=1S/C13H22O2/c1-9(2)5-6-10-11(14)7-13(3,4)8-12(10)15/h9-10H,5-8H2,1-4H3. The number of carbonyl (C=O) groups excluding carboxylic acids is 2. The van der Waals surface area contributed by atoms with Gasteiger partial charge in [-0.25, -0.2) is 0 Å². The van der Waals surface area contributed by atoms with E-state index in [4.69, 9.17) is 0 Å². The zero-order valence-electron chi connectivity index (χ0n) is 10.3. The average Bonchev–Trinajstić information content (AvgIpc) is 1.98. The Morgan fingerprint density at radius 3 is 2.07 bits per heavy atom. The number of ketones is 2. The van der Waals surface area contributed by atoms with E-state index in [0.29, 0.717) is 18.8 Å². The average molecular weight is 210 g/mol. The quantitative estimate of drug-likeness (QED) is 0.671. The molecule has 15 heavy (non-hydrogen) atoms. The molecule has 0 aliphatic heterocycles. The minimum atomic E-state index is -0.291. The second kappa shape index (κ2) is 4.46. The van der Waals surface area contributed by atoms with E-state index < -0.39 is 0 Å². The van der Waals surface area contributed by atoms with Gasteiger partial charge in [0.2, 0.25) is 0 Å². The van der Waals surface area contributed by atoms with Crippen LogP contribution in [0.2, 0.25) is 0 Å². The molecule has 0 atom stereocenters. The van der Waals surface area contributed by atoms with Gasteiger partial charge in [0.05, 0.1) is 5.92 Å². The van der Waals surface area contributed by atoms with Gasteiger partial charge in [0, 0.05) is 12.8 Å². The Kier molecular flexibility index (Phi) is 3.69. The monoisotopic (exact) mass is 210 g/mol. The molecule has 0 bridgehead atoms. The molecule has 0 spiro atoms. The maximum absolute atomic E-state index is 11.8. The fourth-order valence-corrected chi connectivity index (χ4v) is 2.25. The Hall–Kier alpha value is -0.660. The first kappa shape index (κ1) is 12.4. The van der Waals surface area contributed by atoms with Crippen molar-refractivity contribution in [2.75, 3.05) is 0 Å². The lowest BCUT2D eigenvalue weighted by molar-refractivity contribution is -0.139. The summed E-state index contributed by atoms with van der Waals surface area (Å²) in [5, 5.41) is 0. The molecule has 0 unspecified atom stereocenters. The van der Waals surface area contributed by atoms with Gasteiger partial charge in [-0.05, 0) is 24.2 Å². The molecule has 0 aromatic rings. The van der Waals surface area contributed by atoms with Crippen LogP contribution in [0.25, 0.3) is 0 Å². The first-order valence-corrected chi connectivity index (χ1v) is 5.87. The molecular formula is C13H22O2. The van der Waals surface area contributed by atoms with Crippen LogP contribution in [0.15, 0.2) is 0 Å². The van der Waals surface area contributed by atoms with E-state index in [9.17, 15) is 9.59 Å². The molecule has 2 nitrogen and oxygen atoms in total. The molecule has 0 N–H and O–H groups in total. The van der Waals surface area contributed by atoms with E-state index >= 15 is 0 Å². The molecule has 0 aromatic heterocycles. The summed E-state index contributed by atoms with van der Waals surface area (Å²) in [4.78, 5) is 23.6. The third kappa shape index (κ3) is 3.44. The third-order valence-corrected chi connectivity index (χ3v) is 3.12. The topological polar surface area (TPSA) is 34.1 Å². The van der Waals surface area contributed by atoms with E-state index in [-0.39, 0.29) is 22.9 Å². The molecule has 2 heteroatoms. The van der Waals surface area contributed by atoms with Crippen LogP contribution < -0.4 is 0 Å². The van der Waals surface area contributed by atoms with Crippen molar-refractivity contribution in [1.82, 2.24) is 0 Å². The van der Waals surface area contributed by atoms with Gasteiger partial charge >= 0.3 is 0 Å². The van der Waals surface area contributed by atoms with Gasteiger partial charge in [0.25, 0.3) is 0 Å². The highest BCUT2D eigenvalue weighted by Gasteiger charge is 2.38. The maximum Gasteiger partial charge on any atom is 0.143 e. The molecular weight excluding hydrogens is 188 g/mol. The molecule has 1 aliphatic rings. The van der Waals surface area contributed by atoms with Crippen molar-refractivity contribution >= 4 is 11.6 Å². The molecule has 1 rings (SSSR count). The van der Waals surface area contributed by atoms with Crippen molar-refractivity contribution in [3.63, 3.8) is 0 Å². The Balaban J connectivity index is 2.59. The van der Waals surface area contributed by atoms with Gasteiger partial charge in [-0.3, -0.25) is 9.59 Å². The third-order valence-electron chi connectivity index (χ3n) is 3.12. The van der Waals surface area contributed by atoms with E-state index in [1.165, 1.54) is 0 Å². The van der Waals surface area contributed by atoms with Crippen molar-refractivity contribution in [1.29, 1.82) is 0 Å². The van der Waals surface area contributed by atoms with Crippen molar-refractivity contribution < 1.29 is 9.59 Å². The normalized spacial score (nSPS) is 22.5. The van der Waals surface area contributed by atoms with Gasteiger partial charge in [-0.2, -0.15) is 0 Å². The van der Waals surface area contributed by atoms with Crippen molar-refractivity contribution in [3.05, 3.63) is 0 Å². The molecule has 1 fully saturated rings. The summed E-state index contributed by atoms with van der Waals surface area (Å²) in [5.74, 6) is 0.606. The first-order valence-electron chi connectivity index (χ1n) is 5.87. The van der Waals surface area contributed by atoms with Crippen LogP contribution in [-0.2, 0) is 9.59 Å². The lowest BCUT2D eigenvalue weighted by Gasteiger charge is -2.32. The maximum atomic E-state index is 11.8. The number of Topliss-reactive ketones (excluding diaryl/α,β-unsaturated/α-hetero) is 2. The summed E-state index contributed by atoms with van der Waals surface area (Å²) in [6, 6.07) is 0. The van der Waals surface area contributed by atoms with E-state index in [1.807, 2.05) is 13.8 Å². The summed E-state index contributed by atoms with van der Waals surface area (Å²) in [7, 11) is 0. The summed E-state index contributed by atoms with van der Waals surface area (Å²) < 4.78 is 0. The molecule has 0 heterocycles. The molecule has 0 aromatic carbocycles. The number of hydrogen-bond acceptors (Lipinski definition) is 2. The lowest BCUT2D eigenvalue weighted by atomic mass is 9.70. The molecule has 1 aliphatic carbocycles. The predicted octanol–water partition coefficient (Wildman–Crippen LogP) is 3.00. The van der Waals surface area contributed by atoms with Crippen LogP contribution in [0.1, 0.15) is 53.4 Å². The second-order valence-electron chi connectivity index (χ2n) is 5.97. The molecule has 0 saturated heterocycles. The van der Waals surface area contributed by atoms with E-state index in [0.717, 1.165) is 12.8 Å². The van der Waals surface area contributed by atoms with Crippen LogP contribution in [0, 0.1) is 17.3 Å². The van der Waals surface area contributed by atoms with E-state index in [1.54, 1.807) is 0 Å². The molecule has 1 saturated carbocycles. The zero-order valence-corrected chi connectivity index (χ0v) is 10.3. The van der Waals surface area contributed by atoms with Gasteiger partial charge in [-0.1, -0.05) is 27.7 Å². The van der Waals surface area contributed by atoms with E-state index in [2.05, 4.69) is 13.8 Å². The largest absolute Gasteiger partial charge is 0.299 e. The summed E-state index contributed by atoms with van der Waals surface area (Å²) in [6.45, 7) is 8.26. The van der Waals surface area contributed by atoms with Crippen LogP contribution in [-0.4, -0.2) is 11.6 Å². The highest BCUT2D eigenvalue weighted by atomic mass is 16.2. The number of carbonyl (C=O) groups is 2. The van der Waals surface area contributed by atoms with Crippen molar-refractivity contribution in [2.45, 2.75) is 53.4 Å². The Morgan fingerprint density at radius 1 is 1.20 bits per heavy atom. The minimum Gasteiger partial charge on any atom is -0.299 e. The highest BCUT2D eigenvalue weighted by molar-refractivity contribution is 6.05. The summed E-state index contributed by atoms with van der Waals surface area (Å²) >= 11 is 0. The minimum absolute atomic E-state index is 0.109. The number of hydrogen-bond donors (Lipinski definition) is 0. The molecule has 0 amide bonds. The number of rotatable bonds is 3. The Bertz CT molecular complexity index is 244. The lowest BCUT2D eigenvalue weighted by Crippen LogP contribution is -2.37. The zero-order chi connectivity index (χ0) is 11.6. The molecule has 86 valence electrons. The predicted molar refractivity (Wildman–Crippen MR) is 60.6 cm³/mol. The van der Waals surface area contributed by atoms with Crippen LogP contribution in [0.5, 0.6) is 0 Å². The van der Waals surface area contributed by atoms with Gasteiger partial charge < -0.3 is 0 Å². The SMILES string of the molecule is CC(C)CCC1C(=O)CC(C)(C)CC1=O. The van der Waals surface area contributed by atoms with Crippen LogP contribution in [0.3, 0.4) is 0 Å². The summed E-state index contributed by atoms with van der Waals surface area (Å²) in [6.07, 6.45) is 2.87. The Labute approximate surface area is 92.4 Å². The van der Waals surface area contributed by atoms with Crippen molar-refractivity contribution in [2.24, 2.45) is 17.3 Å². The highest BCUT2D eigenvalue weighted by Crippen LogP contribution is 2.35. The van der Waals surface area contributed by atoms with Gasteiger partial charge in [0.15, 0.2) is 0 Å². The van der Waals surface area contributed by atoms with Crippen LogP contribution >= 0.6 is 0 Å². The fraction of sp³-hybridized carbons (Fsp3) is 0.846. The summed E-state index contributed by atoms with van der Waals surface area (Å²) in [5.41, 5.74) is -0.109. The van der Waals surface area contributed by atoms with Gasteiger partial charge in [-0.15, -0.1) is 0 Å². The van der Waals surface area contributed by atoms with Crippen molar-refractivity contribution in [3.8, 4) is 0 Å².